The Morgan fingerprint density at radius 1 is 1.13 bits per heavy atom. The van der Waals surface area contributed by atoms with Gasteiger partial charge in [-0.2, -0.15) is 0 Å². The molecule has 1 N–H and O–H groups in total. The average molecular weight is 451 g/mol. The van der Waals surface area contributed by atoms with Crippen molar-refractivity contribution in [2.45, 2.75) is 51.6 Å². The van der Waals surface area contributed by atoms with E-state index >= 15 is 0 Å². The number of benzene rings is 2. The van der Waals surface area contributed by atoms with Crippen molar-refractivity contribution in [1.29, 1.82) is 0 Å². The third kappa shape index (κ3) is 7.65. The van der Waals surface area contributed by atoms with Crippen LogP contribution in [0.1, 0.15) is 38.8 Å². The molecule has 0 aliphatic rings. The summed E-state index contributed by atoms with van der Waals surface area (Å²) in [6.45, 7) is 7.66. The van der Waals surface area contributed by atoms with Gasteiger partial charge in [0, 0.05) is 22.9 Å². The number of hydrogen-bond acceptors (Lipinski definition) is 3. The van der Waals surface area contributed by atoms with Gasteiger partial charge in [0.05, 0.1) is 5.75 Å². The van der Waals surface area contributed by atoms with Crippen LogP contribution in [0.3, 0.4) is 0 Å². The van der Waals surface area contributed by atoms with Crippen LogP contribution in [0.4, 0.5) is 4.39 Å². The molecule has 0 saturated heterocycles. The molecule has 0 fully saturated rings. The zero-order valence-corrected chi connectivity index (χ0v) is 19.3. The smallest absolute Gasteiger partial charge is 0.242 e. The maximum Gasteiger partial charge on any atom is 0.242 e. The second kappa shape index (κ2) is 10.8. The second-order valence-electron chi connectivity index (χ2n) is 8.15. The molecule has 0 bridgehead atoms. The zero-order valence-electron chi connectivity index (χ0n) is 17.7. The maximum absolute atomic E-state index is 13.0. The standard InChI is InChI=1S/C23H28ClFN2O2S/c1-16(22(29)26-23(2,3)4)27(13-18-7-5-6-8-20(18)24)21(28)15-30-14-17-9-11-19(25)12-10-17/h5-12,16H,13-15H2,1-4H3,(H,26,29). The summed E-state index contributed by atoms with van der Waals surface area (Å²) in [7, 11) is 0. The first-order valence-electron chi connectivity index (χ1n) is 9.74. The van der Waals surface area contributed by atoms with E-state index in [-0.39, 0.29) is 29.9 Å². The van der Waals surface area contributed by atoms with Gasteiger partial charge in [-0.25, -0.2) is 4.39 Å². The molecule has 0 aliphatic heterocycles. The molecule has 30 heavy (non-hydrogen) atoms. The summed E-state index contributed by atoms with van der Waals surface area (Å²) < 4.78 is 13.0. The Kier molecular flexibility index (Phi) is 8.74. The highest BCUT2D eigenvalue weighted by Gasteiger charge is 2.28. The minimum absolute atomic E-state index is 0.154. The predicted octanol–water partition coefficient (Wildman–Crippen LogP) is 5.04. The van der Waals surface area contributed by atoms with E-state index in [1.165, 1.54) is 23.9 Å². The highest BCUT2D eigenvalue weighted by molar-refractivity contribution is 7.99. The fourth-order valence-electron chi connectivity index (χ4n) is 2.79. The van der Waals surface area contributed by atoms with Crippen molar-refractivity contribution >= 4 is 35.2 Å². The molecular weight excluding hydrogens is 423 g/mol. The molecule has 0 saturated carbocycles. The largest absolute Gasteiger partial charge is 0.350 e. The number of halogens is 2. The molecule has 7 heteroatoms. The lowest BCUT2D eigenvalue weighted by Crippen LogP contribution is -2.52. The molecule has 4 nitrogen and oxygen atoms in total. The van der Waals surface area contributed by atoms with Crippen molar-refractivity contribution in [1.82, 2.24) is 10.2 Å². The number of amides is 2. The van der Waals surface area contributed by atoms with E-state index in [9.17, 15) is 14.0 Å². The number of carbonyl (C=O) groups excluding carboxylic acids is 2. The Hall–Kier alpha value is -2.05. The van der Waals surface area contributed by atoms with Crippen molar-refractivity contribution in [2.75, 3.05) is 5.75 Å². The molecule has 2 amide bonds. The van der Waals surface area contributed by atoms with Crippen LogP contribution < -0.4 is 5.32 Å². The number of thioether (sulfide) groups is 1. The number of carbonyl (C=O) groups is 2. The lowest BCUT2D eigenvalue weighted by Gasteiger charge is -2.31. The van der Waals surface area contributed by atoms with Crippen LogP contribution >= 0.6 is 23.4 Å². The van der Waals surface area contributed by atoms with Crippen LogP contribution in [0, 0.1) is 5.82 Å². The lowest BCUT2D eigenvalue weighted by molar-refractivity contribution is -0.139. The number of rotatable bonds is 8. The number of nitrogens with one attached hydrogen (secondary N) is 1. The first-order chi connectivity index (χ1) is 14.1. The molecule has 1 atom stereocenters. The van der Waals surface area contributed by atoms with E-state index in [0.29, 0.717) is 10.8 Å². The van der Waals surface area contributed by atoms with Crippen LogP contribution in [0.15, 0.2) is 48.5 Å². The van der Waals surface area contributed by atoms with Crippen LogP contribution in [0.5, 0.6) is 0 Å². The van der Waals surface area contributed by atoms with Gasteiger partial charge in [0.2, 0.25) is 11.8 Å². The molecule has 0 aromatic heterocycles. The maximum atomic E-state index is 13.0. The normalized spacial score (nSPS) is 12.3. The van der Waals surface area contributed by atoms with E-state index in [2.05, 4.69) is 5.32 Å². The van der Waals surface area contributed by atoms with Crippen LogP contribution in [-0.4, -0.2) is 34.0 Å². The van der Waals surface area contributed by atoms with Crippen molar-refractivity contribution in [3.63, 3.8) is 0 Å². The van der Waals surface area contributed by atoms with Gasteiger partial charge in [0.15, 0.2) is 0 Å². The van der Waals surface area contributed by atoms with Crippen LogP contribution in [0.2, 0.25) is 5.02 Å². The first-order valence-corrected chi connectivity index (χ1v) is 11.3. The number of hydrogen-bond donors (Lipinski definition) is 1. The summed E-state index contributed by atoms with van der Waals surface area (Å²) in [4.78, 5) is 27.3. The van der Waals surface area contributed by atoms with Gasteiger partial charge in [0.1, 0.15) is 11.9 Å². The van der Waals surface area contributed by atoms with Gasteiger partial charge < -0.3 is 10.2 Å². The van der Waals surface area contributed by atoms with Gasteiger partial charge in [-0.05, 0) is 57.0 Å². The predicted molar refractivity (Wildman–Crippen MR) is 122 cm³/mol. The Morgan fingerprint density at radius 3 is 2.37 bits per heavy atom. The van der Waals surface area contributed by atoms with E-state index in [1.807, 2.05) is 39.0 Å². The first kappa shape index (κ1) is 24.2. The van der Waals surface area contributed by atoms with Gasteiger partial charge in [-0.1, -0.05) is 41.9 Å². The molecule has 0 radical (unpaired) electrons. The van der Waals surface area contributed by atoms with E-state index in [0.717, 1.165) is 11.1 Å². The minimum Gasteiger partial charge on any atom is -0.350 e. The highest BCUT2D eigenvalue weighted by Crippen LogP contribution is 2.21. The zero-order chi connectivity index (χ0) is 22.3. The monoisotopic (exact) mass is 450 g/mol. The summed E-state index contributed by atoms with van der Waals surface area (Å²) >= 11 is 7.71. The third-order valence-electron chi connectivity index (χ3n) is 4.37. The van der Waals surface area contributed by atoms with Crippen molar-refractivity contribution in [2.24, 2.45) is 0 Å². The van der Waals surface area contributed by atoms with Gasteiger partial charge in [-0.15, -0.1) is 11.8 Å². The Bertz CT molecular complexity index is 868. The summed E-state index contributed by atoms with van der Waals surface area (Å²) in [5, 5.41) is 3.49. The van der Waals surface area contributed by atoms with E-state index < -0.39 is 11.6 Å². The Balaban J connectivity index is 2.10. The molecule has 2 aromatic rings. The Morgan fingerprint density at radius 2 is 1.77 bits per heavy atom. The minimum atomic E-state index is -0.653. The fourth-order valence-corrected chi connectivity index (χ4v) is 3.85. The SMILES string of the molecule is CC(C(=O)NC(C)(C)C)N(Cc1ccccc1Cl)C(=O)CSCc1ccc(F)cc1. The lowest BCUT2D eigenvalue weighted by atomic mass is 10.1. The van der Waals surface area contributed by atoms with Gasteiger partial charge >= 0.3 is 0 Å². The number of nitrogens with zero attached hydrogens (tertiary/aromatic N) is 1. The second-order valence-corrected chi connectivity index (χ2v) is 9.54. The van der Waals surface area contributed by atoms with Crippen molar-refractivity contribution in [3.05, 3.63) is 70.5 Å². The van der Waals surface area contributed by atoms with E-state index in [1.54, 1.807) is 30.0 Å². The van der Waals surface area contributed by atoms with Crippen molar-refractivity contribution < 1.29 is 14.0 Å². The van der Waals surface area contributed by atoms with Gasteiger partial charge in [-0.3, -0.25) is 9.59 Å². The topological polar surface area (TPSA) is 49.4 Å². The van der Waals surface area contributed by atoms with Gasteiger partial charge in [0.25, 0.3) is 0 Å². The van der Waals surface area contributed by atoms with Crippen LogP contribution in [-0.2, 0) is 21.9 Å². The summed E-state index contributed by atoms with van der Waals surface area (Å²) in [5.74, 6) is 0.123. The summed E-state index contributed by atoms with van der Waals surface area (Å²) in [6.07, 6.45) is 0. The molecule has 2 rings (SSSR count). The molecule has 0 spiro atoms. The average Bonchev–Trinajstić information content (AvgIpc) is 2.67. The molecule has 2 aromatic carbocycles. The Labute approximate surface area is 187 Å². The molecule has 162 valence electrons. The highest BCUT2D eigenvalue weighted by atomic mass is 35.5. The van der Waals surface area contributed by atoms with Crippen molar-refractivity contribution in [3.8, 4) is 0 Å². The fraction of sp³-hybridized carbons (Fsp3) is 0.391. The van der Waals surface area contributed by atoms with E-state index in [4.69, 9.17) is 11.6 Å². The summed E-state index contributed by atoms with van der Waals surface area (Å²) in [6, 6.07) is 12.9. The summed E-state index contributed by atoms with van der Waals surface area (Å²) in [5.41, 5.74) is 1.32. The molecule has 1 unspecified atom stereocenters. The van der Waals surface area contributed by atoms with Crippen LogP contribution in [0.25, 0.3) is 0 Å². The molecular formula is C23H28ClFN2O2S. The quantitative estimate of drug-likeness (QED) is 0.612. The molecule has 0 aliphatic carbocycles. The third-order valence-corrected chi connectivity index (χ3v) is 5.73. The molecule has 0 heterocycles.